The lowest BCUT2D eigenvalue weighted by Crippen LogP contribution is -2.25. The Labute approximate surface area is 159 Å². The van der Waals surface area contributed by atoms with Crippen LogP contribution in [-0.4, -0.2) is 28.8 Å². The fourth-order valence-electron chi connectivity index (χ4n) is 2.46. The molecule has 3 rings (SSSR count). The Morgan fingerprint density at radius 1 is 1.22 bits per heavy atom. The molecule has 2 aromatic carbocycles. The van der Waals surface area contributed by atoms with Crippen molar-refractivity contribution < 1.29 is 18.3 Å². The molecule has 0 spiro atoms. The van der Waals surface area contributed by atoms with Gasteiger partial charge in [-0.25, -0.2) is 4.68 Å². The highest BCUT2D eigenvalue weighted by molar-refractivity contribution is 6.30. The fraction of sp³-hybridized carbons (Fsp3) is 0.158. The summed E-state index contributed by atoms with van der Waals surface area (Å²) < 4.78 is 30.1. The summed E-state index contributed by atoms with van der Waals surface area (Å²) >= 11 is 5.96. The number of nitrogens with zero attached hydrogens (tertiary/aromatic N) is 2. The maximum atomic E-state index is 12.2. The van der Waals surface area contributed by atoms with Crippen LogP contribution in [0.25, 0.3) is 5.69 Å². The van der Waals surface area contributed by atoms with Gasteiger partial charge in [0, 0.05) is 17.8 Å². The average molecular weight is 392 g/mol. The van der Waals surface area contributed by atoms with Crippen molar-refractivity contribution in [2.45, 2.75) is 13.0 Å². The minimum absolute atomic E-state index is 0.103. The third-order valence-corrected chi connectivity index (χ3v) is 4.00. The molecule has 27 heavy (non-hydrogen) atoms. The van der Waals surface area contributed by atoms with E-state index < -0.39 is 6.61 Å². The predicted octanol–water partition coefficient (Wildman–Crippen LogP) is 4.10. The van der Waals surface area contributed by atoms with Crippen LogP contribution in [0.1, 0.15) is 15.9 Å². The van der Waals surface area contributed by atoms with Crippen molar-refractivity contribution in [2.24, 2.45) is 0 Å². The molecule has 0 bridgehead atoms. The van der Waals surface area contributed by atoms with Crippen molar-refractivity contribution in [2.75, 3.05) is 6.54 Å². The Bertz CT molecular complexity index is 913. The number of alkyl halides is 2. The van der Waals surface area contributed by atoms with E-state index >= 15 is 0 Å². The maximum absolute atomic E-state index is 12.2. The molecule has 1 N–H and O–H groups in total. The van der Waals surface area contributed by atoms with Crippen molar-refractivity contribution in [3.8, 4) is 11.4 Å². The Balaban J connectivity index is 1.52. The van der Waals surface area contributed by atoms with Crippen LogP contribution in [-0.2, 0) is 6.42 Å². The van der Waals surface area contributed by atoms with E-state index in [1.165, 1.54) is 18.3 Å². The van der Waals surface area contributed by atoms with E-state index in [-0.39, 0.29) is 11.7 Å². The van der Waals surface area contributed by atoms with Crippen LogP contribution in [0, 0.1) is 0 Å². The Hall–Kier alpha value is -2.93. The summed E-state index contributed by atoms with van der Waals surface area (Å²) in [5, 5.41) is 7.55. The summed E-state index contributed by atoms with van der Waals surface area (Å²) in [4.78, 5) is 12.2. The van der Waals surface area contributed by atoms with Gasteiger partial charge < -0.3 is 10.1 Å². The molecule has 0 atom stereocenters. The molecule has 3 aromatic rings. The zero-order valence-corrected chi connectivity index (χ0v) is 14.9. The summed E-state index contributed by atoms with van der Waals surface area (Å²) in [6, 6.07) is 13.4. The molecule has 1 heterocycles. The van der Waals surface area contributed by atoms with Crippen LogP contribution in [0.4, 0.5) is 8.78 Å². The molecule has 140 valence electrons. The number of ether oxygens (including phenoxy) is 1. The lowest BCUT2D eigenvalue weighted by Gasteiger charge is -2.06. The number of halogens is 3. The molecule has 8 heteroatoms. The number of nitrogens with one attached hydrogen (secondary N) is 1. The van der Waals surface area contributed by atoms with Gasteiger partial charge >= 0.3 is 6.61 Å². The molecule has 0 aliphatic rings. The van der Waals surface area contributed by atoms with Gasteiger partial charge in [-0.05, 0) is 42.3 Å². The van der Waals surface area contributed by atoms with Gasteiger partial charge in [-0.2, -0.15) is 13.9 Å². The smallest absolute Gasteiger partial charge is 0.387 e. The second-order valence-electron chi connectivity index (χ2n) is 5.68. The number of rotatable bonds is 7. The first-order valence-corrected chi connectivity index (χ1v) is 8.51. The first-order chi connectivity index (χ1) is 13.0. The monoisotopic (exact) mass is 391 g/mol. The van der Waals surface area contributed by atoms with Gasteiger partial charge in [0.2, 0.25) is 0 Å². The van der Waals surface area contributed by atoms with Crippen LogP contribution >= 0.6 is 11.6 Å². The molecule has 5 nitrogen and oxygen atoms in total. The SMILES string of the molecule is O=C(NCCc1ccc(OC(F)F)cc1)c1cnn(-c2cccc(Cl)c2)c1. The van der Waals surface area contributed by atoms with Crippen LogP contribution in [0.3, 0.4) is 0 Å². The fourth-order valence-corrected chi connectivity index (χ4v) is 2.64. The molecule has 0 radical (unpaired) electrons. The molecule has 0 saturated heterocycles. The maximum Gasteiger partial charge on any atom is 0.387 e. The molecule has 0 unspecified atom stereocenters. The summed E-state index contributed by atoms with van der Waals surface area (Å²) in [6.45, 7) is -2.45. The first kappa shape index (κ1) is 18.8. The Morgan fingerprint density at radius 2 is 2.00 bits per heavy atom. The minimum atomic E-state index is -2.84. The van der Waals surface area contributed by atoms with Gasteiger partial charge in [0.25, 0.3) is 5.91 Å². The normalized spacial score (nSPS) is 10.8. The third-order valence-electron chi connectivity index (χ3n) is 3.77. The number of hydrogen-bond acceptors (Lipinski definition) is 3. The molecule has 0 fully saturated rings. The largest absolute Gasteiger partial charge is 0.435 e. The standard InChI is InChI=1S/C19H16ClF2N3O2/c20-15-2-1-3-16(10-15)25-12-14(11-24-25)18(26)23-9-8-13-4-6-17(7-5-13)27-19(21)22/h1-7,10-12,19H,8-9H2,(H,23,26). The summed E-state index contributed by atoms with van der Waals surface area (Å²) in [5.74, 6) is -0.146. The van der Waals surface area contributed by atoms with Crippen LogP contribution in [0.2, 0.25) is 5.02 Å². The molecule has 1 aromatic heterocycles. The number of aromatic nitrogens is 2. The zero-order valence-electron chi connectivity index (χ0n) is 14.1. The number of carbonyl (C=O) groups is 1. The average Bonchev–Trinajstić information content (AvgIpc) is 3.13. The van der Waals surface area contributed by atoms with Gasteiger partial charge in [-0.1, -0.05) is 29.8 Å². The number of hydrogen-bond donors (Lipinski definition) is 1. The summed E-state index contributed by atoms with van der Waals surface area (Å²) in [5.41, 5.74) is 2.08. The van der Waals surface area contributed by atoms with E-state index in [9.17, 15) is 13.6 Å². The number of benzene rings is 2. The third kappa shape index (κ3) is 5.27. The lowest BCUT2D eigenvalue weighted by molar-refractivity contribution is -0.0498. The van der Waals surface area contributed by atoms with E-state index in [0.717, 1.165) is 11.3 Å². The van der Waals surface area contributed by atoms with Crippen molar-refractivity contribution >= 4 is 17.5 Å². The van der Waals surface area contributed by atoms with Crippen molar-refractivity contribution in [3.63, 3.8) is 0 Å². The highest BCUT2D eigenvalue weighted by Crippen LogP contribution is 2.16. The summed E-state index contributed by atoms with van der Waals surface area (Å²) in [6.07, 6.45) is 3.66. The molecular weight excluding hydrogens is 376 g/mol. The number of carbonyl (C=O) groups excluding carboxylic acids is 1. The van der Waals surface area contributed by atoms with Gasteiger partial charge in [0.15, 0.2) is 0 Å². The topological polar surface area (TPSA) is 56.1 Å². The molecule has 1 amide bonds. The van der Waals surface area contributed by atoms with E-state index in [2.05, 4.69) is 15.2 Å². The Kier molecular flexibility index (Phi) is 6.03. The quantitative estimate of drug-likeness (QED) is 0.659. The predicted molar refractivity (Wildman–Crippen MR) is 97.7 cm³/mol. The molecular formula is C19H16ClF2N3O2. The van der Waals surface area contributed by atoms with Gasteiger partial charge in [-0.15, -0.1) is 0 Å². The van der Waals surface area contributed by atoms with E-state index in [0.29, 0.717) is 23.6 Å². The summed E-state index contributed by atoms with van der Waals surface area (Å²) in [7, 11) is 0. The van der Waals surface area contributed by atoms with Crippen LogP contribution in [0.15, 0.2) is 60.9 Å². The van der Waals surface area contributed by atoms with E-state index in [4.69, 9.17) is 11.6 Å². The van der Waals surface area contributed by atoms with Crippen LogP contribution < -0.4 is 10.1 Å². The highest BCUT2D eigenvalue weighted by Gasteiger charge is 2.09. The van der Waals surface area contributed by atoms with Gasteiger partial charge in [0.05, 0.1) is 17.4 Å². The second kappa shape index (κ2) is 8.64. The molecule has 0 aliphatic carbocycles. The second-order valence-corrected chi connectivity index (χ2v) is 6.12. The number of amides is 1. The minimum Gasteiger partial charge on any atom is -0.435 e. The highest BCUT2D eigenvalue weighted by atomic mass is 35.5. The lowest BCUT2D eigenvalue weighted by atomic mass is 10.1. The van der Waals surface area contributed by atoms with E-state index in [1.807, 2.05) is 6.07 Å². The van der Waals surface area contributed by atoms with Gasteiger partial charge in [0.1, 0.15) is 5.75 Å². The van der Waals surface area contributed by atoms with Crippen molar-refractivity contribution in [1.82, 2.24) is 15.1 Å². The van der Waals surface area contributed by atoms with Gasteiger partial charge in [-0.3, -0.25) is 4.79 Å². The van der Waals surface area contributed by atoms with Crippen molar-refractivity contribution in [1.29, 1.82) is 0 Å². The van der Waals surface area contributed by atoms with E-state index in [1.54, 1.807) is 41.2 Å². The van der Waals surface area contributed by atoms with Crippen LogP contribution in [0.5, 0.6) is 5.75 Å². The zero-order chi connectivity index (χ0) is 19.2. The van der Waals surface area contributed by atoms with Crippen molar-refractivity contribution in [3.05, 3.63) is 77.1 Å². The molecule has 0 saturated carbocycles. The first-order valence-electron chi connectivity index (χ1n) is 8.14. The molecule has 0 aliphatic heterocycles. The Morgan fingerprint density at radius 3 is 2.70 bits per heavy atom.